The van der Waals surface area contributed by atoms with Crippen LogP contribution < -0.4 is 20.6 Å². The normalized spacial score (nSPS) is 14.8. The number of fused-ring (bicyclic) bond motifs is 2. The molecule has 1 aliphatic rings. The number of benzene rings is 2. The lowest BCUT2D eigenvalue weighted by molar-refractivity contribution is -0.113. The molecule has 0 unspecified atom stereocenters. The van der Waals surface area contributed by atoms with E-state index in [1.807, 2.05) is 55.5 Å². The maximum atomic E-state index is 13.3. The van der Waals surface area contributed by atoms with Crippen molar-refractivity contribution in [3.05, 3.63) is 96.2 Å². The maximum Gasteiger partial charge on any atom is 0.296 e. The van der Waals surface area contributed by atoms with Crippen molar-refractivity contribution in [3.63, 3.8) is 0 Å². The van der Waals surface area contributed by atoms with Crippen molar-refractivity contribution in [2.75, 3.05) is 11.4 Å². The summed E-state index contributed by atoms with van der Waals surface area (Å²) in [5.74, 6) is -0.198. The Morgan fingerprint density at radius 1 is 1.00 bits per heavy atom. The molecule has 0 bridgehead atoms. The van der Waals surface area contributed by atoms with Crippen molar-refractivity contribution < 1.29 is 4.79 Å². The summed E-state index contributed by atoms with van der Waals surface area (Å²) in [6.07, 6.45) is 2.10. The first-order valence-corrected chi connectivity index (χ1v) is 11.7. The highest BCUT2D eigenvalue weighted by atomic mass is 32.1. The molecule has 8 heteroatoms. The maximum absolute atomic E-state index is 13.3. The van der Waals surface area contributed by atoms with Gasteiger partial charge in [-0.2, -0.15) is 14.6 Å². The summed E-state index contributed by atoms with van der Waals surface area (Å²) in [5.41, 5.74) is 3.23. The molecule has 0 fully saturated rings. The summed E-state index contributed by atoms with van der Waals surface area (Å²) >= 11 is 1.04. The Labute approximate surface area is 193 Å². The summed E-state index contributed by atoms with van der Waals surface area (Å²) in [5, 5.41) is 4.34. The van der Waals surface area contributed by atoms with E-state index in [0.29, 0.717) is 12.1 Å². The number of unbranched alkanes of at least 4 members (excludes halogenated alkanes) is 1. The average molecular weight is 459 g/mol. The predicted molar refractivity (Wildman–Crippen MR) is 129 cm³/mol. The summed E-state index contributed by atoms with van der Waals surface area (Å²) in [6, 6.07) is 15.3. The second-order valence-corrected chi connectivity index (χ2v) is 9.14. The largest absolute Gasteiger partial charge is 0.308 e. The number of carbonyl (C=O) groups is 1. The summed E-state index contributed by atoms with van der Waals surface area (Å²) in [4.78, 5) is 45.3. The van der Waals surface area contributed by atoms with Crippen LogP contribution in [0.4, 0.5) is 5.69 Å². The SMILES string of the molecule is CCCCN1C(=O)C(=c2sc3nc(=O)c(Cc4ccc(C)cc4)nn3c2=O)c2ccccc21. The summed E-state index contributed by atoms with van der Waals surface area (Å²) in [7, 11) is 0. The molecule has 0 saturated carbocycles. The highest BCUT2D eigenvalue weighted by Crippen LogP contribution is 2.35. The molecule has 1 amide bonds. The fraction of sp³-hybridized carbons (Fsp3) is 0.240. The number of carbonyl (C=O) groups excluding carboxylic acids is 1. The quantitative estimate of drug-likeness (QED) is 0.459. The third kappa shape index (κ3) is 3.66. The first-order chi connectivity index (χ1) is 16.0. The van der Waals surface area contributed by atoms with Gasteiger partial charge >= 0.3 is 0 Å². The van der Waals surface area contributed by atoms with Gasteiger partial charge in [0.05, 0.1) is 11.3 Å². The van der Waals surface area contributed by atoms with E-state index in [-0.39, 0.29) is 27.5 Å². The first-order valence-electron chi connectivity index (χ1n) is 10.9. The van der Waals surface area contributed by atoms with E-state index in [9.17, 15) is 14.4 Å². The standard InChI is InChI=1S/C25H22N4O3S/c1-3-4-13-28-19-8-6-5-7-17(19)20(23(28)31)21-24(32)29-25(33-21)26-22(30)18(27-29)14-16-11-9-15(2)10-12-16/h5-12H,3-4,13-14H2,1-2H3. The zero-order chi connectivity index (χ0) is 23.1. The Morgan fingerprint density at radius 2 is 1.76 bits per heavy atom. The number of hydrogen-bond donors (Lipinski definition) is 0. The van der Waals surface area contributed by atoms with Gasteiger partial charge in [-0.05, 0) is 25.0 Å². The molecular formula is C25H22N4O3S. The van der Waals surface area contributed by atoms with Crippen LogP contribution in [-0.4, -0.2) is 27.0 Å². The number of rotatable bonds is 5. The first kappa shape index (κ1) is 21.2. The monoisotopic (exact) mass is 458 g/mol. The van der Waals surface area contributed by atoms with Gasteiger partial charge < -0.3 is 4.90 Å². The number of thiazole rings is 1. The molecule has 0 spiro atoms. The third-order valence-electron chi connectivity index (χ3n) is 5.80. The molecule has 0 N–H and O–H groups in total. The van der Waals surface area contributed by atoms with Gasteiger partial charge in [0.2, 0.25) is 4.96 Å². The van der Waals surface area contributed by atoms with Crippen LogP contribution in [-0.2, 0) is 11.2 Å². The molecule has 166 valence electrons. The van der Waals surface area contributed by atoms with Gasteiger partial charge in [0.15, 0.2) is 0 Å². The van der Waals surface area contributed by atoms with Gasteiger partial charge in [0, 0.05) is 18.5 Å². The zero-order valence-electron chi connectivity index (χ0n) is 18.4. The topological polar surface area (TPSA) is 84.6 Å². The average Bonchev–Trinajstić information content (AvgIpc) is 3.26. The molecule has 3 heterocycles. The van der Waals surface area contributed by atoms with Crippen LogP contribution in [0.5, 0.6) is 0 Å². The van der Waals surface area contributed by atoms with Crippen LogP contribution in [0.25, 0.3) is 10.5 Å². The second-order valence-electron chi connectivity index (χ2n) is 8.16. The molecule has 2 aromatic carbocycles. The van der Waals surface area contributed by atoms with E-state index < -0.39 is 11.1 Å². The molecule has 5 rings (SSSR count). The van der Waals surface area contributed by atoms with Gasteiger partial charge in [-0.25, -0.2) is 0 Å². The van der Waals surface area contributed by atoms with Crippen LogP contribution in [0.2, 0.25) is 0 Å². The molecule has 1 aliphatic heterocycles. The molecule has 2 aromatic heterocycles. The van der Waals surface area contributed by atoms with Crippen LogP contribution in [0.3, 0.4) is 0 Å². The third-order valence-corrected chi connectivity index (χ3v) is 6.83. The van der Waals surface area contributed by atoms with Gasteiger partial charge in [-0.1, -0.05) is 72.7 Å². The molecule has 4 aromatic rings. The summed E-state index contributed by atoms with van der Waals surface area (Å²) < 4.78 is 1.42. The second kappa shape index (κ2) is 8.37. The van der Waals surface area contributed by atoms with Crippen molar-refractivity contribution in [2.24, 2.45) is 0 Å². The summed E-state index contributed by atoms with van der Waals surface area (Å²) in [6.45, 7) is 4.65. The van der Waals surface area contributed by atoms with Crippen molar-refractivity contribution >= 4 is 33.5 Å². The number of hydrogen-bond acceptors (Lipinski definition) is 6. The van der Waals surface area contributed by atoms with Crippen molar-refractivity contribution in [1.29, 1.82) is 0 Å². The Kier molecular flexibility index (Phi) is 5.38. The van der Waals surface area contributed by atoms with Gasteiger partial charge in [-0.15, -0.1) is 0 Å². The predicted octanol–water partition coefficient (Wildman–Crippen LogP) is 2.48. The van der Waals surface area contributed by atoms with E-state index >= 15 is 0 Å². The molecule has 0 saturated heterocycles. The van der Waals surface area contributed by atoms with Gasteiger partial charge in [-0.3, -0.25) is 14.4 Å². The fourth-order valence-electron chi connectivity index (χ4n) is 4.04. The van der Waals surface area contributed by atoms with Crippen molar-refractivity contribution in [2.45, 2.75) is 33.1 Å². The lowest BCUT2D eigenvalue weighted by atomic mass is 10.1. The Morgan fingerprint density at radius 3 is 2.52 bits per heavy atom. The Bertz CT molecular complexity index is 1550. The highest BCUT2D eigenvalue weighted by molar-refractivity contribution is 7.15. The Balaban J connectivity index is 1.67. The van der Waals surface area contributed by atoms with Gasteiger partial charge in [0.25, 0.3) is 17.0 Å². The number of aromatic nitrogens is 3. The minimum absolute atomic E-state index is 0.192. The van der Waals surface area contributed by atoms with E-state index in [0.717, 1.165) is 51.1 Å². The van der Waals surface area contributed by atoms with Crippen LogP contribution >= 0.6 is 11.3 Å². The highest BCUT2D eigenvalue weighted by Gasteiger charge is 2.33. The molecule has 0 atom stereocenters. The number of para-hydroxylation sites is 1. The number of nitrogens with zero attached hydrogens (tertiary/aromatic N) is 4. The number of anilines is 1. The molecule has 0 aliphatic carbocycles. The minimum atomic E-state index is -0.462. The number of aryl methyl sites for hydroxylation is 1. The lowest BCUT2D eigenvalue weighted by Gasteiger charge is -2.16. The fourth-order valence-corrected chi connectivity index (χ4v) is 5.03. The van der Waals surface area contributed by atoms with E-state index in [2.05, 4.69) is 17.0 Å². The van der Waals surface area contributed by atoms with Crippen LogP contribution in [0.15, 0.2) is 58.1 Å². The molecular weight excluding hydrogens is 436 g/mol. The van der Waals surface area contributed by atoms with Crippen LogP contribution in [0, 0.1) is 6.92 Å². The van der Waals surface area contributed by atoms with E-state index in [1.54, 1.807) is 4.90 Å². The number of amides is 1. The van der Waals surface area contributed by atoms with Crippen molar-refractivity contribution in [3.8, 4) is 0 Å². The lowest BCUT2D eigenvalue weighted by Crippen LogP contribution is -2.33. The van der Waals surface area contributed by atoms with E-state index in [4.69, 9.17) is 0 Å². The Hall–Kier alpha value is -3.65. The van der Waals surface area contributed by atoms with Crippen LogP contribution in [0.1, 0.15) is 42.1 Å². The smallest absolute Gasteiger partial charge is 0.296 e. The van der Waals surface area contributed by atoms with E-state index in [1.165, 1.54) is 0 Å². The van der Waals surface area contributed by atoms with Gasteiger partial charge in [0.1, 0.15) is 10.2 Å². The van der Waals surface area contributed by atoms with Crippen molar-refractivity contribution in [1.82, 2.24) is 14.6 Å². The minimum Gasteiger partial charge on any atom is -0.308 e. The molecule has 0 radical (unpaired) electrons. The molecule has 33 heavy (non-hydrogen) atoms. The zero-order valence-corrected chi connectivity index (χ0v) is 19.2. The molecule has 7 nitrogen and oxygen atoms in total.